The van der Waals surface area contributed by atoms with E-state index in [0.717, 1.165) is 11.8 Å². The molecule has 0 aliphatic heterocycles. The normalized spacial score (nSPS) is 19.4. The summed E-state index contributed by atoms with van der Waals surface area (Å²) in [5, 5.41) is 13.8. The van der Waals surface area contributed by atoms with Crippen LogP contribution in [-0.2, 0) is 0 Å². The monoisotopic (exact) mass is 234 g/mol. The van der Waals surface area contributed by atoms with Gasteiger partial charge < -0.3 is 5.32 Å². The van der Waals surface area contributed by atoms with Gasteiger partial charge >= 0.3 is 5.69 Å². The molecule has 2 aliphatic carbocycles. The molecule has 0 saturated heterocycles. The van der Waals surface area contributed by atoms with Gasteiger partial charge in [0.15, 0.2) is 0 Å². The Hall–Kier alpha value is -1.72. The first-order valence-electron chi connectivity index (χ1n) is 5.97. The van der Waals surface area contributed by atoms with Crippen LogP contribution < -0.4 is 5.32 Å². The van der Waals surface area contributed by atoms with Crippen molar-refractivity contribution in [1.29, 1.82) is 0 Å². The van der Waals surface area contributed by atoms with Gasteiger partial charge in [0.2, 0.25) is 5.95 Å². The summed E-state index contributed by atoms with van der Waals surface area (Å²) in [4.78, 5) is 18.0. The van der Waals surface area contributed by atoms with Crippen LogP contribution in [0, 0.1) is 22.0 Å². The van der Waals surface area contributed by atoms with Crippen LogP contribution in [0.5, 0.6) is 0 Å². The lowest BCUT2D eigenvalue weighted by atomic mass is 10.1. The molecule has 90 valence electrons. The van der Waals surface area contributed by atoms with Gasteiger partial charge in [-0.1, -0.05) is 0 Å². The molecule has 1 N–H and O–H groups in total. The van der Waals surface area contributed by atoms with Crippen molar-refractivity contribution >= 4 is 11.6 Å². The quantitative estimate of drug-likeness (QED) is 0.622. The highest BCUT2D eigenvalue weighted by Crippen LogP contribution is 2.45. The van der Waals surface area contributed by atoms with Crippen molar-refractivity contribution in [2.75, 3.05) is 5.32 Å². The van der Waals surface area contributed by atoms with Crippen LogP contribution >= 0.6 is 0 Å². The third kappa shape index (κ3) is 2.35. The summed E-state index contributed by atoms with van der Waals surface area (Å²) in [6.07, 6.45) is 7.63. The zero-order valence-electron chi connectivity index (χ0n) is 9.37. The van der Waals surface area contributed by atoms with Gasteiger partial charge in [-0.3, -0.25) is 10.1 Å². The molecule has 0 radical (unpaired) electrons. The summed E-state index contributed by atoms with van der Waals surface area (Å²) in [6, 6.07) is 0.469. The second-order valence-electron chi connectivity index (χ2n) is 4.87. The molecule has 3 rings (SSSR count). The van der Waals surface area contributed by atoms with Crippen molar-refractivity contribution in [2.24, 2.45) is 11.8 Å². The van der Waals surface area contributed by atoms with Crippen molar-refractivity contribution in [3.8, 4) is 0 Å². The summed E-state index contributed by atoms with van der Waals surface area (Å²) < 4.78 is 0. The van der Waals surface area contributed by atoms with Gasteiger partial charge in [-0.2, -0.15) is 0 Å². The number of rotatable bonds is 5. The standard InChI is InChI=1S/C11H14N4O2/c16-15(17)9-5-12-11(13-6-9)14-10(7-1-2-7)8-3-4-8/h5-8,10H,1-4H2,(H,12,13,14). The Morgan fingerprint density at radius 1 is 1.24 bits per heavy atom. The smallest absolute Gasteiger partial charge is 0.305 e. The van der Waals surface area contributed by atoms with E-state index in [1.165, 1.54) is 38.1 Å². The zero-order valence-corrected chi connectivity index (χ0v) is 9.37. The van der Waals surface area contributed by atoms with Gasteiger partial charge in [0.25, 0.3) is 0 Å². The Morgan fingerprint density at radius 3 is 2.18 bits per heavy atom. The molecule has 2 fully saturated rings. The van der Waals surface area contributed by atoms with Crippen LogP contribution in [0.1, 0.15) is 25.7 Å². The third-order valence-electron chi connectivity index (χ3n) is 3.40. The lowest BCUT2D eigenvalue weighted by Gasteiger charge is -2.16. The molecule has 2 aliphatic rings. The third-order valence-corrected chi connectivity index (χ3v) is 3.40. The highest BCUT2D eigenvalue weighted by molar-refractivity contribution is 5.32. The molecule has 0 spiro atoms. The van der Waals surface area contributed by atoms with E-state index in [1.807, 2.05) is 0 Å². The van der Waals surface area contributed by atoms with Crippen LogP contribution in [0.4, 0.5) is 11.6 Å². The summed E-state index contributed by atoms with van der Waals surface area (Å²) in [6.45, 7) is 0. The molecule has 0 aromatic carbocycles. The predicted molar refractivity (Wildman–Crippen MR) is 61.5 cm³/mol. The van der Waals surface area contributed by atoms with Crippen molar-refractivity contribution in [3.05, 3.63) is 22.5 Å². The SMILES string of the molecule is O=[N+]([O-])c1cnc(NC(C2CC2)C2CC2)nc1. The van der Waals surface area contributed by atoms with E-state index in [0.29, 0.717) is 12.0 Å². The summed E-state index contributed by atoms with van der Waals surface area (Å²) in [5.74, 6) is 2.02. The second kappa shape index (κ2) is 3.94. The number of hydrogen-bond donors (Lipinski definition) is 1. The number of hydrogen-bond acceptors (Lipinski definition) is 5. The first-order chi connectivity index (χ1) is 8.24. The molecule has 17 heavy (non-hydrogen) atoms. The predicted octanol–water partition coefficient (Wildman–Crippen LogP) is 1.99. The molecule has 1 aromatic rings. The van der Waals surface area contributed by atoms with E-state index in [9.17, 15) is 10.1 Å². The minimum Gasteiger partial charge on any atom is -0.351 e. The topological polar surface area (TPSA) is 81.0 Å². The largest absolute Gasteiger partial charge is 0.351 e. The summed E-state index contributed by atoms with van der Waals surface area (Å²) >= 11 is 0. The van der Waals surface area contributed by atoms with E-state index < -0.39 is 4.92 Å². The zero-order chi connectivity index (χ0) is 11.8. The number of nitrogens with zero attached hydrogens (tertiary/aromatic N) is 3. The molecule has 0 amide bonds. The van der Waals surface area contributed by atoms with E-state index in [2.05, 4.69) is 15.3 Å². The maximum Gasteiger partial charge on any atom is 0.305 e. The van der Waals surface area contributed by atoms with E-state index in [4.69, 9.17) is 0 Å². The molecule has 1 heterocycles. The fourth-order valence-electron chi connectivity index (χ4n) is 2.17. The maximum atomic E-state index is 10.5. The fourth-order valence-corrected chi connectivity index (χ4v) is 2.17. The highest BCUT2D eigenvalue weighted by atomic mass is 16.6. The van der Waals surface area contributed by atoms with Crippen LogP contribution in [0.15, 0.2) is 12.4 Å². The second-order valence-corrected chi connectivity index (χ2v) is 4.87. The minimum absolute atomic E-state index is 0.0649. The maximum absolute atomic E-state index is 10.5. The summed E-state index contributed by atoms with van der Waals surface area (Å²) in [7, 11) is 0. The first kappa shape index (κ1) is 10.4. The molecule has 2 saturated carbocycles. The molecule has 1 aromatic heterocycles. The van der Waals surface area contributed by atoms with Crippen LogP contribution in [0.2, 0.25) is 0 Å². The highest BCUT2D eigenvalue weighted by Gasteiger charge is 2.41. The van der Waals surface area contributed by atoms with Gasteiger partial charge in [0, 0.05) is 6.04 Å². The van der Waals surface area contributed by atoms with Gasteiger partial charge in [-0.15, -0.1) is 0 Å². The van der Waals surface area contributed by atoms with Crippen molar-refractivity contribution in [3.63, 3.8) is 0 Å². The molecule has 6 nitrogen and oxygen atoms in total. The van der Waals surface area contributed by atoms with Gasteiger partial charge in [0.05, 0.1) is 4.92 Å². The van der Waals surface area contributed by atoms with Gasteiger partial charge in [0.1, 0.15) is 12.4 Å². The molecule has 0 bridgehead atoms. The Balaban J connectivity index is 1.68. The Kier molecular flexibility index (Phi) is 2.42. The lowest BCUT2D eigenvalue weighted by molar-refractivity contribution is -0.385. The van der Waals surface area contributed by atoms with Crippen LogP contribution in [0.3, 0.4) is 0 Å². The van der Waals surface area contributed by atoms with E-state index >= 15 is 0 Å². The Labute approximate surface area is 98.6 Å². The number of aromatic nitrogens is 2. The average Bonchev–Trinajstić information content (AvgIpc) is 3.17. The molecular weight excluding hydrogens is 220 g/mol. The van der Waals surface area contributed by atoms with Crippen molar-refractivity contribution in [2.45, 2.75) is 31.7 Å². The lowest BCUT2D eigenvalue weighted by Crippen LogP contribution is -2.25. The molecular formula is C11H14N4O2. The van der Waals surface area contributed by atoms with Crippen LogP contribution in [0.25, 0.3) is 0 Å². The molecule has 6 heteroatoms. The number of anilines is 1. The molecule has 0 unspecified atom stereocenters. The summed E-state index contributed by atoms with van der Waals surface area (Å²) in [5.41, 5.74) is -0.0649. The molecule has 0 atom stereocenters. The minimum atomic E-state index is -0.483. The van der Waals surface area contributed by atoms with E-state index in [1.54, 1.807) is 0 Å². The Morgan fingerprint density at radius 2 is 1.76 bits per heavy atom. The average molecular weight is 234 g/mol. The van der Waals surface area contributed by atoms with E-state index in [-0.39, 0.29) is 5.69 Å². The first-order valence-corrected chi connectivity index (χ1v) is 5.97. The number of nitrogens with one attached hydrogen (secondary N) is 1. The van der Waals surface area contributed by atoms with Crippen molar-refractivity contribution < 1.29 is 4.92 Å². The van der Waals surface area contributed by atoms with Gasteiger partial charge in [-0.05, 0) is 37.5 Å². The fraction of sp³-hybridized carbons (Fsp3) is 0.636. The van der Waals surface area contributed by atoms with Gasteiger partial charge in [-0.25, -0.2) is 9.97 Å². The van der Waals surface area contributed by atoms with Crippen LogP contribution in [-0.4, -0.2) is 20.9 Å². The Bertz CT molecular complexity index is 414. The number of nitro groups is 1. The van der Waals surface area contributed by atoms with Crippen molar-refractivity contribution in [1.82, 2.24) is 9.97 Å².